The van der Waals surface area contributed by atoms with Gasteiger partial charge in [-0.05, 0) is 44.5 Å². The summed E-state index contributed by atoms with van der Waals surface area (Å²) in [7, 11) is 0. The fourth-order valence-corrected chi connectivity index (χ4v) is 3.77. The highest BCUT2D eigenvalue weighted by molar-refractivity contribution is 7.99. The van der Waals surface area contributed by atoms with Crippen molar-refractivity contribution in [3.8, 4) is 11.4 Å². The monoisotopic (exact) mass is 407 g/mol. The molecule has 148 valence electrons. The van der Waals surface area contributed by atoms with Gasteiger partial charge in [0.05, 0.1) is 5.25 Å². The van der Waals surface area contributed by atoms with Gasteiger partial charge in [-0.15, -0.1) is 10.2 Å². The van der Waals surface area contributed by atoms with Crippen LogP contribution in [0.2, 0.25) is 0 Å². The van der Waals surface area contributed by atoms with Gasteiger partial charge in [-0.3, -0.25) is 4.57 Å². The topological polar surface area (TPSA) is 78.9 Å². The molecule has 0 radical (unpaired) electrons. The molecule has 0 aliphatic heterocycles. The molecule has 0 saturated carbocycles. The summed E-state index contributed by atoms with van der Waals surface area (Å²) in [6.07, 6.45) is 0. The molecule has 2 heterocycles. The lowest BCUT2D eigenvalue weighted by atomic mass is 10.2. The maximum Gasteiger partial charge on any atom is 0.239 e. The van der Waals surface area contributed by atoms with E-state index in [4.69, 9.17) is 9.26 Å². The zero-order valence-electron chi connectivity index (χ0n) is 16.4. The molecule has 4 aromatic rings. The van der Waals surface area contributed by atoms with Crippen molar-refractivity contribution in [2.75, 3.05) is 0 Å². The standard InChI is InChI=1S/C21H21N5O2S/c1-14-9-7-8-12-18(14)27-13-19-23-24-21(26(19)17-10-5-4-6-11-17)29-15(2)20-22-16(3)25-28-20/h4-12,15H,13H2,1-3H3. The van der Waals surface area contributed by atoms with E-state index >= 15 is 0 Å². The van der Waals surface area contributed by atoms with E-state index in [2.05, 4.69) is 20.3 Å². The average molecular weight is 407 g/mol. The van der Waals surface area contributed by atoms with Crippen molar-refractivity contribution in [3.63, 3.8) is 0 Å². The summed E-state index contributed by atoms with van der Waals surface area (Å²) in [5.74, 6) is 2.73. The van der Waals surface area contributed by atoms with Crippen LogP contribution < -0.4 is 4.74 Å². The van der Waals surface area contributed by atoms with E-state index in [1.54, 1.807) is 6.92 Å². The second-order valence-electron chi connectivity index (χ2n) is 6.56. The molecule has 0 N–H and O–H groups in total. The SMILES string of the molecule is Cc1noc(C(C)Sc2nnc(COc3ccccc3C)n2-c2ccccc2)n1. The zero-order valence-corrected chi connectivity index (χ0v) is 17.3. The third-order valence-corrected chi connectivity index (χ3v) is 5.37. The van der Waals surface area contributed by atoms with Crippen LogP contribution in [-0.4, -0.2) is 24.9 Å². The molecule has 0 aliphatic rings. The van der Waals surface area contributed by atoms with Gasteiger partial charge >= 0.3 is 0 Å². The van der Waals surface area contributed by atoms with E-state index in [0.717, 1.165) is 28.0 Å². The Bertz CT molecular complexity index is 1090. The third-order valence-electron chi connectivity index (χ3n) is 4.34. The van der Waals surface area contributed by atoms with Gasteiger partial charge in [0.1, 0.15) is 12.4 Å². The summed E-state index contributed by atoms with van der Waals surface area (Å²) >= 11 is 1.51. The molecule has 0 bridgehead atoms. The van der Waals surface area contributed by atoms with Crippen molar-refractivity contribution in [1.82, 2.24) is 24.9 Å². The minimum Gasteiger partial charge on any atom is -0.485 e. The van der Waals surface area contributed by atoms with E-state index in [1.807, 2.05) is 73.0 Å². The van der Waals surface area contributed by atoms with Gasteiger partial charge in [0.15, 0.2) is 16.8 Å². The average Bonchev–Trinajstić information content (AvgIpc) is 3.34. The van der Waals surface area contributed by atoms with Crippen LogP contribution in [0.3, 0.4) is 0 Å². The number of para-hydroxylation sites is 2. The quantitative estimate of drug-likeness (QED) is 0.411. The van der Waals surface area contributed by atoms with Crippen molar-refractivity contribution in [2.45, 2.75) is 37.8 Å². The van der Waals surface area contributed by atoms with Gasteiger partial charge in [-0.1, -0.05) is 53.3 Å². The molecular formula is C21H21N5O2S. The predicted molar refractivity (Wildman–Crippen MR) is 110 cm³/mol. The molecule has 29 heavy (non-hydrogen) atoms. The fourth-order valence-electron chi connectivity index (χ4n) is 2.85. The first kappa shape index (κ1) is 19.2. The Hall–Kier alpha value is -3.13. The molecule has 2 aromatic carbocycles. The number of nitrogens with zero attached hydrogens (tertiary/aromatic N) is 5. The Balaban J connectivity index is 1.62. The lowest BCUT2D eigenvalue weighted by Crippen LogP contribution is -2.07. The van der Waals surface area contributed by atoms with Gasteiger partial charge in [-0.25, -0.2) is 0 Å². The molecule has 0 spiro atoms. The number of hydrogen-bond donors (Lipinski definition) is 0. The van der Waals surface area contributed by atoms with Crippen LogP contribution in [0.25, 0.3) is 5.69 Å². The first-order valence-electron chi connectivity index (χ1n) is 9.27. The summed E-state index contributed by atoms with van der Waals surface area (Å²) in [6, 6.07) is 17.9. The summed E-state index contributed by atoms with van der Waals surface area (Å²) in [4.78, 5) is 4.32. The molecule has 7 nitrogen and oxygen atoms in total. The minimum absolute atomic E-state index is 0.0620. The van der Waals surface area contributed by atoms with Gasteiger partial charge in [0, 0.05) is 5.69 Å². The van der Waals surface area contributed by atoms with Crippen LogP contribution in [0.4, 0.5) is 0 Å². The molecule has 0 aliphatic carbocycles. The molecule has 4 rings (SSSR count). The van der Waals surface area contributed by atoms with E-state index in [-0.39, 0.29) is 5.25 Å². The normalized spacial score (nSPS) is 12.1. The second-order valence-corrected chi connectivity index (χ2v) is 7.87. The number of aryl methyl sites for hydroxylation is 2. The maximum absolute atomic E-state index is 6.02. The van der Waals surface area contributed by atoms with E-state index < -0.39 is 0 Å². The molecular weight excluding hydrogens is 386 g/mol. The molecule has 0 amide bonds. The molecule has 8 heteroatoms. The Labute approximate surface area is 173 Å². The van der Waals surface area contributed by atoms with E-state index in [9.17, 15) is 0 Å². The Morgan fingerprint density at radius 3 is 2.52 bits per heavy atom. The third kappa shape index (κ3) is 4.32. The van der Waals surface area contributed by atoms with Gasteiger partial charge in [-0.2, -0.15) is 4.98 Å². The predicted octanol–water partition coefficient (Wildman–Crippen LogP) is 4.70. The Kier molecular flexibility index (Phi) is 5.62. The van der Waals surface area contributed by atoms with Gasteiger partial charge in [0.2, 0.25) is 5.89 Å². The van der Waals surface area contributed by atoms with Crippen molar-refractivity contribution >= 4 is 11.8 Å². The molecule has 1 unspecified atom stereocenters. The zero-order chi connectivity index (χ0) is 20.2. The minimum atomic E-state index is -0.0620. The van der Waals surface area contributed by atoms with Crippen LogP contribution in [0.1, 0.15) is 35.3 Å². The van der Waals surface area contributed by atoms with Crippen molar-refractivity contribution in [1.29, 1.82) is 0 Å². The smallest absolute Gasteiger partial charge is 0.239 e. The van der Waals surface area contributed by atoms with Crippen LogP contribution in [0.15, 0.2) is 64.3 Å². The lowest BCUT2D eigenvalue weighted by Gasteiger charge is -2.13. The maximum atomic E-state index is 6.02. The van der Waals surface area contributed by atoms with Gasteiger partial charge in [0.25, 0.3) is 0 Å². The summed E-state index contributed by atoms with van der Waals surface area (Å²) in [6.45, 7) is 6.14. The van der Waals surface area contributed by atoms with E-state index in [0.29, 0.717) is 18.3 Å². The van der Waals surface area contributed by atoms with Crippen molar-refractivity contribution < 1.29 is 9.26 Å². The Morgan fingerprint density at radius 2 is 1.79 bits per heavy atom. The van der Waals surface area contributed by atoms with E-state index in [1.165, 1.54) is 11.8 Å². The summed E-state index contributed by atoms with van der Waals surface area (Å²) in [5, 5.41) is 13.3. The lowest BCUT2D eigenvalue weighted by molar-refractivity contribution is 0.291. The summed E-state index contributed by atoms with van der Waals surface area (Å²) in [5.41, 5.74) is 2.05. The highest BCUT2D eigenvalue weighted by atomic mass is 32.2. The fraction of sp³-hybridized carbons (Fsp3) is 0.238. The van der Waals surface area contributed by atoms with Gasteiger partial charge < -0.3 is 9.26 Å². The van der Waals surface area contributed by atoms with Crippen LogP contribution in [0, 0.1) is 13.8 Å². The molecule has 2 aromatic heterocycles. The number of rotatable bonds is 7. The first-order chi connectivity index (χ1) is 14.1. The largest absolute Gasteiger partial charge is 0.485 e. The second kappa shape index (κ2) is 8.48. The van der Waals surface area contributed by atoms with Crippen molar-refractivity contribution in [3.05, 3.63) is 77.7 Å². The number of aromatic nitrogens is 5. The summed E-state index contributed by atoms with van der Waals surface area (Å²) < 4.78 is 13.3. The molecule has 0 fully saturated rings. The molecule has 1 atom stereocenters. The van der Waals surface area contributed by atoms with Crippen LogP contribution in [-0.2, 0) is 6.61 Å². The number of thioether (sulfide) groups is 1. The first-order valence-corrected chi connectivity index (χ1v) is 10.1. The number of hydrogen-bond acceptors (Lipinski definition) is 7. The number of benzene rings is 2. The van der Waals surface area contributed by atoms with Crippen LogP contribution in [0.5, 0.6) is 5.75 Å². The highest BCUT2D eigenvalue weighted by Crippen LogP contribution is 2.34. The highest BCUT2D eigenvalue weighted by Gasteiger charge is 2.21. The molecule has 0 saturated heterocycles. The van der Waals surface area contributed by atoms with Crippen LogP contribution >= 0.6 is 11.8 Å². The van der Waals surface area contributed by atoms with Crippen molar-refractivity contribution in [2.24, 2.45) is 0 Å². The number of ether oxygens (including phenoxy) is 1. The Morgan fingerprint density at radius 1 is 1.03 bits per heavy atom.